The molecule has 1 rings (SSSR count). The van der Waals surface area contributed by atoms with E-state index in [1.54, 1.807) is 0 Å². The van der Waals surface area contributed by atoms with Gasteiger partial charge in [0.15, 0.2) is 0 Å². The first-order chi connectivity index (χ1) is 10.6. The third-order valence-corrected chi connectivity index (χ3v) is 6.01. The summed E-state index contributed by atoms with van der Waals surface area (Å²) in [4.78, 5) is 21.5. The van der Waals surface area contributed by atoms with Crippen molar-refractivity contribution in [3.05, 3.63) is 0 Å². The van der Waals surface area contributed by atoms with Gasteiger partial charge in [-0.15, -0.1) is 0 Å². The van der Waals surface area contributed by atoms with Gasteiger partial charge in [-0.2, -0.15) is 0 Å². The van der Waals surface area contributed by atoms with Crippen molar-refractivity contribution in [3.63, 3.8) is 0 Å². The number of carboxylic acids is 2. The van der Waals surface area contributed by atoms with E-state index in [1.165, 1.54) is 0 Å². The molecule has 0 aromatic carbocycles. The summed E-state index contributed by atoms with van der Waals surface area (Å²) in [5.74, 6) is -1.54. The molecule has 0 spiro atoms. The predicted molar refractivity (Wildman–Crippen MR) is 73.8 cm³/mol. The van der Waals surface area contributed by atoms with E-state index in [0.717, 1.165) is 52.4 Å². The first kappa shape index (κ1) is 19.9. The van der Waals surface area contributed by atoms with E-state index in [0.29, 0.717) is 0 Å². The fourth-order valence-electron chi connectivity index (χ4n) is 1.78. The molecule has 0 radical (unpaired) electrons. The Morgan fingerprint density at radius 3 is 1.55 bits per heavy atom. The monoisotopic (exact) mass is 398 g/mol. The van der Waals surface area contributed by atoms with Gasteiger partial charge in [-0.3, -0.25) is 0 Å². The summed E-state index contributed by atoms with van der Waals surface area (Å²) in [5, 5.41) is 24.7. The minimum atomic E-state index is -0.770. The van der Waals surface area contributed by atoms with Gasteiger partial charge in [0.25, 0.3) is 0 Å². The van der Waals surface area contributed by atoms with E-state index in [2.05, 4.69) is 18.5 Å². The van der Waals surface area contributed by atoms with E-state index in [1.807, 2.05) is 0 Å². The van der Waals surface area contributed by atoms with Gasteiger partial charge in [0.1, 0.15) is 0 Å². The maximum absolute atomic E-state index is 10.7. The third kappa shape index (κ3) is 10.5. The second kappa shape index (κ2) is 12.3. The first-order valence-corrected chi connectivity index (χ1v) is 9.84. The number of hydrogen-bond acceptors (Lipinski definition) is 6. The molecule has 4 N–H and O–H groups in total. The van der Waals surface area contributed by atoms with Crippen LogP contribution in [0.1, 0.15) is 0 Å². The number of carbonyl (C=O) groups is 2. The SMILES string of the molecule is O=C(O)[CH2][Mn][N]1CCNCCNCC[N]([Mn][CH2]C(=O)O)CC1. The van der Waals surface area contributed by atoms with Gasteiger partial charge in [0, 0.05) is 0 Å². The number of aliphatic carboxylic acids is 2. The molecule has 8 nitrogen and oxygen atoms in total. The predicted octanol–water partition coefficient (Wildman–Crippen LogP) is -1.22. The molecule has 10 heteroatoms. The van der Waals surface area contributed by atoms with E-state index >= 15 is 0 Å². The molecule has 0 aromatic heterocycles. The van der Waals surface area contributed by atoms with Crippen LogP contribution in [0.3, 0.4) is 0 Å². The van der Waals surface area contributed by atoms with Gasteiger partial charge in [0.2, 0.25) is 0 Å². The molecular weight excluding hydrogens is 374 g/mol. The van der Waals surface area contributed by atoms with Gasteiger partial charge in [-0.25, -0.2) is 0 Å². The summed E-state index contributed by atoms with van der Waals surface area (Å²) in [6, 6.07) is 0. The molecule has 0 amide bonds. The molecule has 0 aliphatic carbocycles. The van der Waals surface area contributed by atoms with Crippen LogP contribution in [0.4, 0.5) is 0 Å². The van der Waals surface area contributed by atoms with Crippen molar-refractivity contribution in [3.8, 4) is 0 Å². The zero-order chi connectivity index (χ0) is 16.2. The summed E-state index contributed by atoms with van der Waals surface area (Å²) >= 11 is 0.476. The number of rotatable bonds is 6. The number of nitrogens with zero attached hydrogens (tertiary/aromatic N) is 2. The topological polar surface area (TPSA) is 105 Å². The maximum atomic E-state index is 10.7. The van der Waals surface area contributed by atoms with Gasteiger partial charge >= 0.3 is 144 Å². The molecule has 22 heavy (non-hydrogen) atoms. The van der Waals surface area contributed by atoms with Crippen molar-refractivity contribution in [1.82, 2.24) is 18.5 Å². The van der Waals surface area contributed by atoms with Crippen molar-refractivity contribution in [2.24, 2.45) is 0 Å². The van der Waals surface area contributed by atoms with Crippen LogP contribution in [0, 0.1) is 0 Å². The Morgan fingerprint density at radius 2 is 1.18 bits per heavy atom. The summed E-state index contributed by atoms with van der Waals surface area (Å²) < 4.78 is 4.33. The number of carboxylic acid groups (broad SMARTS) is 2. The van der Waals surface area contributed by atoms with Gasteiger partial charge < -0.3 is 0 Å². The molecule has 0 unspecified atom stereocenters. The summed E-state index contributed by atoms with van der Waals surface area (Å²) in [6.45, 7) is 6.65. The Kier molecular flexibility index (Phi) is 11.1. The molecule has 1 heterocycles. The van der Waals surface area contributed by atoms with E-state index in [4.69, 9.17) is 10.2 Å². The summed E-state index contributed by atoms with van der Waals surface area (Å²) in [5.41, 5.74) is 0. The molecule has 1 fully saturated rings. The van der Waals surface area contributed by atoms with Crippen LogP contribution in [0.2, 0.25) is 10.6 Å². The van der Waals surface area contributed by atoms with E-state index in [-0.39, 0.29) is 41.0 Å². The van der Waals surface area contributed by atoms with Crippen LogP contribution < -0.4 is 10.6 Å². The molecule has 1 aliphatic heterocycles. The number of nitrogens with one attached hydrogen (secondary N) is 2. The second-order valence-corrected chi connectivity index (χ2v) is 7.69. The molecule has 130 valence electrons. The molecular formula is C12H24Mn2N4O4. The average Bonchev–Trinajstić information content (AvgIpc) is 2.45. The van der Waals surface area contributed by atoms with Crippen LogP contribution in [0.25, 0.3) is 0 Å². The van der Waals surface area contributed by atoms with Crippen molar-refractivity contribution in [1.29, 1.82) is 0 Å². The van der Waals surface area contributed by atoms with Crippen molar-refractivity contribution in [2.45, 2.75) is 10.6 Å². The Bertz CT molecular complexity index is 317. The van der Waals surface area contributed by atoms with E-state index in [9.17, 15) is 9.59 Å². The fraction of sp³-hybridized carbons (Fsp3) is 0.833. The number of hydrogen-bond donors (Lipinski definition) is 4. The van der Waals surface area contributed by atoms with Gasteiger partial charge in [-0.1, -0.05) is 0 Å². The molecule has 0 atom stereocenters. The summed E-state index contributed by atoms with van der Waals surface area (Å²) in [7, 11) is 0. The third-order valence-electron chi connectivity index (χ3n) is 2.81. The Hall–Kier alpha value is -0.181. The molecule has 1 saturated heterocycles. The van der Waals surface area contributed by atoms with Crippen LogP contribution in [-0.4, -0.2) is 82.3 Å². The van der Waals surface area contributed by atoms with Gasteiger partial charge in [0.05, 0.1) is 0 Å². The Morgan fingerprint density at radius 1 is 0.773 bits per heavy atom. The standard InChI is InChI=1S/C8H18N4.2C2H3O2.2Mn/c1-2-10-5-6-12-8-7-11-4-3-9-1;2*1-2(3)4;;/h9-10H,1-8H2;2*1H2,(H,3,4);;/q-2;;;2*+1. The van der Waals surface area contributed by atoms with Crippen LogP contribution in [0.15, 0.2) is 0 Å². The Labute approximate surface area is 143 Å². The summed E-state index contributed by atoms with van der Waals surface area (Å²) in [6.07, 6.45) is 0. The average molecular weight is 398 g/mol. The molecule has 0 aromatic rings. The van der Waals surface area contributed by atoms with E-state index < -0.39 is 11.9 Å². The Balaban J connectivity index is 2.48. The van der Waals surface area contributed by atoms with Gasteiger partial charge in [-0.05, 0) is 0 Å². The quantitative estimate of drug-likeness (QED) is 0.413. The van der Waals surface area contributed by atoms with Crippen molar-refractivity contribution < 1.29 is 50.2 Å². The zero-order valence-corrected chi connectivity index (χ0v) is 14.8. The normalized spacial score (nSPS) is 20.0. The van der Waals surface area contributed by atoms with Crippen molar-refractivity contribution >= 4 is 11.9 Å². The van der Waals surface area contributed by atoms with Crippen LogP contribution in [0.5, 0.6) is 0 Å². The molecule has 1 aliphatic rings. The fourth-order valence-corrected chi connectivity index (χ4v) is 3.87. The zero-order valence-electron chi connectivity index (χ0n) is 12.4. The first-order valence-electron chi connectivity index (χ1n) is 7.11. The molecule has 0 bridgehead atoms. The van der Waals surface area contributed by atoms with Crippen molar-refractivity contribution in [2.75, 3.05) is 52.4 Å². The minimum absolute atomic E-state index is 0.169. The van der Waals surface area contributed by atoms with Crippen LogP contribution >= 0.6 is 0 Å². The molecule has 0 saturated carbocycles. The second-order valence-electron chi connectivity index (χ2n) is 4.61. The van der Waals surface area contributed by atoms with Crippen LogP contribution in [-0.2, 0) is 39.9 Å².